The van der Waals surface area contributed by atoms with Crippen LogP contribution in [0.3, 0.4) is 0 Å². The van der Waals surface area contributed by atoms with E-state index in [-0.39, 0.29) is 11.2 Å². The molecule has 0 saturated heterocycles. The first-order valence-corrected chi connectivity index (χ1v) is 7.57. The maximum atomic E-state index is 12.0. The number of phenols is 1. The molecule has 0 heterocycles. The van der Waals surface area contributed by atoms with Crippen molar-refractivity contribution in [1.82, 2.24) is 0 Å². The van der Waals surface area contributed by atoms with Crippen molar-refractivity contribution in [3.05, 3.63) is 23.8 Å². The van der Waals surface area contributed by atoms with Gasteiger partial charge in [-0.05, 0) is 71.2 Å². The Morgan fingerprint density at radius 3 is 2.32 bits per heavy atom. The topological polar surface area (TPSA) is 84.6 Å². The largest absolute Gasteiger partial charge is 0.508 e. The minimum absolute atomic E-state index is 0.167. The van der Waals surface area contributed by atoms with Crippen molar-refractivity contribution in [2.45, 2.75) is 64.0 Å². The van der Waals surface area contributed by atoms with Crippen molar-refractivity contribution >= 4 is 11.8 Å². The smallest absolute Gasteiger partial charge is 0.412 e. The number of aromatic hydroxyl groups is 1. The Hall–Kier alpha value is -1.75. The second kappa shape index (κ2) is 5.16. The Labute approximate surface area is 131 Å². The van der Waals surface area contributed by atoms with Gasteiger partial charge < -0.3 is 15.6 Å². The molecule has 5 nitrogen and oxygen atoms in total. The second-order valence-corrected chi connectivity index (χ2v) is 7.66. The molecule has 0 radical (unpaired) electrons. The molecule has 0 aliphatic heterocycles. The van der Waals surface area contributed by atoms with E-state index in [1.54, 1.807) is 18.2 Å². The Balaban J connectivity index is 2.32. The molecule has 1 fully saturated rings. The van der Waals surface area contributed by atoms with E-state index in [4.69, 9.17) is 10.5 Å². The molecule has 0 spiro atoms. The highest BCUT2D eigenvalue weighted by Crippen LogP contribution is 2.57. The number of carbonyl (C=O) groups is 1. The van der Waals surface area contributed by atoms with E-state index in [0.29, 0.717) is 5.69 Å². The molecule has 0 unspecified atom stereocenters. The third-order valence-corrected chi connectivity index (χ3v) is 4.14. The number of benzene rings is 1. The number of ether oxygens (including phenoxy) is 1. The predicted octanol–water partition coefficient (Wildman–Crippen LogP) is 3.51. The van der Waals surface area contributed by atoms with Crippen LogP contribution in [0.4, 0.5) is 10.5 Å². The molecule has 122 valence electrons. The quantitative estimate of drug-likeness (QED) is 0.746. The van der Waals surface area contributed by atoms with Crippen LogP contribution < -0.4 is 11.1 Å². The standard InChI is InChI=1S/C17H26N2O3/c1-15(2,3)22-14(21)19-13-7-6-11(20)10-12(13)17(8-9-17)16(4,5)18/h6-7,10,20H,8-9,18H2,1-5H3,(H,19,21). The van der Waals surface area contributed by atoms with Gasteiger partial charge in [0.2, 0.25) is 0 Å². The Kier molecular flexibility index (Phi) is 3.90. The molecule has 1 aliphatic rings. The van der Waals surface area contributed by atoms with Gasteiger partial charge in [-0.3, -0.25) is 5.32 Å². The fourth-order valence-corrected chi connectivity index (χ4v) is 2.84. The van der Waals surface area contributed by atoms with Crippen LogP contribution in [0.25, 0.3) is 0 Å². The number of hydrogen-bond acceptors (Lipinski definition) is 4. The van der Waals surface area contributed by atoms with Crippen LogP contribution >= 0.6 is 0 Å². The minimum Gasteiger partial charge on any atom is -0.508 e. The maximum Gasteiger partial charge on any atom is 0.412 e. The van der Waals surface area contributed by atoms with Gasteiger partial charge in [0.25, 0.3) is 0 Å². The van der Waals surface area contributed by atoms with Crippen LogP contribution in [0.15, 0.2) is 18.2 Å². The summed E-state index contributed by atoms with van der Waals surface area (Å²) >= 11 is 0. The van der Waals surface area contributed by atoms with Crippen molar-refractivity contribution < 1.29 is 14.6 Å². The molecule has 0 aromatic heterocycles. The van der Waals surface area contributed by atoms with Crippen LogP contribution in [0, 0.1) is 0 Å². The maximum absolute atomic E-state index is 12.0. The lowest BCUT2D eigenvalue weighted by atomic mass is 9.78. The van der Waals surface area contributed by atoms with E-state index < -0.39 is 17.2 Å². The average Bonchev–Trinajstić information content (AvgIpc) is 3.09. The van der Waals surface area contributed by atoms with E-state index in [2.05, 4.69) is 5.32 Å². The molecule has 1 saturated carbocycles. The zero-order valence-electron chi connectivity index (χ0n) is 14.0. The number of nitrogens with two attached hydrogens (primary N) is 1. The van der Waals surface area contributed by atoms with Crippen molar-refractivity contribution in [2.24, 2.45) is 5.73 Å². The highest BCUT2D eigenvalue weighted by Gasteiger charge is 2.55. The Morgan fingerprint density at radius 1 is 1.27 bits per heavy atom. The van der Waals surface area contributed by atoms with Crippen LogP contribution in [0.2, 0.25) is 0 Å². The van der Waals surface area contributed by atoms with Crippen molar-refractivity contribution in [1.29, 1.82) is 0 Å². The summed E-state index contributed by atoms with van der Waals surface area (Å²) in [5, 5.41) is 12.6. The van der Waals surface area contributed by atoms with Gasteiger partial charge in [-0.1, -0.05) is 0 Å². The molecular weight excluding hydrogens is 280 g/mol. The fraction of sp³-hybridized carbons (Fsp3) is 0.588. The number of phenolic OH excluding ortho intramolecular Hbond substituents is 1. The van der Waals surface area contributed by atoms with Gasteiger partial charge in [-0.2, -0.15) is 0 Å². The van der Waals surface area contributed by atoms with E-state index >= 15 is 0 Å². The molecule has 2 rings (SSSR count). The van der Waals surface area contributed by atoms with Gasteiger partial charge >= 0.3 is 6.09 Å². The predicted molar refractivity (Wildman–Crippen MR) is 87.1 cm³/mol. The zero-order chi connectivity index (χ0) is 16.8. The van der Waals surface area contributed by atoms with Gasteiger partial charge in [-0.15, -0.1) is 0 Å². The minimum atomic E-state index is -0.564. The van der Waals surface area contributed by atoms with Crippen LogP contribution in [-0.4, -0.2) is 22.3 Å². The number of hydrogen-bond donors (Lipinski definition) is 3. The molecule has 0 bridgehead atoms. The number of amides is 1. The highest BCUT2D eigenvalue weighted by molar-refractivity contribution is 5.86. The summed E-state index contributed by atoms with van der Waals surface area (Å²) in [4.78, 5) is 12.0. The number of carbonyl (C=O) groups excluding carboxylic acids is 1. The highest BCUT2D eigenvalue weighted by atomic mass is 16.6. The van der Waals surface area contributed by atoms with Gasteiger partial charge in [-0.25, -0.2) is 4.79 Å². The molecule has 1 aromatic rings. The van der Waals surface area contributed by atoms with Crippen LogP contribution in [0.1, 0.15) is 53.0 Å². The number of rotatable bonds is 3. The van der Waals surface area contributed by atoms with Crippen LogP contribution in [-0.2, 0) is 10.2 Å². The normalized spacial score (nSPS) is 17.0. The lowest BCUT2D eigenvalue weighted by molar-refractivity contribution is 0.0635. The SMILES string of the molecule is CC(C)(C)OC(=O)Nc1ccc(O)cc1C1(C(C)(C)N)CC1. The van der Waals surface area contributed by atoms with Crippen molar-refractivity contribution in [3.63, 3.8) is 0 Å². The van der Waals surface area contributed by atoms with E-state index in [1.165, 1.54) is 0 Å². The third-order valence-electron chi connectivity index (χ3n) is 4.14. The Morgan fingerprint density at radius 2 is 1.86 bits per heavy atom. The molecule has 1 aromatic carbocycles. The lowest BCUT2D eigenvalue weighted by Gasteiger charge is -2.33. The molecule has 1 amide bonds. The fourth-order valence-electron chi connectivity index (χ4n) is 2.84. The first-order chi connectivity index (χ1) is 9.95. The summed E-state index contributed by atoms with van der Waals surface area (Å²) < 4.78 is 5.30. The summed E-state index contributed by atoms with van der Waals surface area (Å²) in [5.74, 6) is 0.167. The van der Waals surface area contributed by atoms with Crippen molar-refractivity contribution in [3.8, 4) is 5.75 Å². The summed E-state index contributed by atoms with van der Waals surface area (Å²) in [5.41, 5.74) is 6.61. The van der Waals surface area contributed by atoms with E-state index in [1.807, 2.05) is 34.6 Å². The van der Waals surface area contributed by atoms with E-state index in [9.17, 15) is 9.90 Å². The molecule has 1 aliphatic carbocycles. The average molecular weight is 306 g/mol. The second-order valence-electron chi connectivity index (χ2n) is 7.66. The van der Waals surface area contributed by atoms with E-state index in [0.717, 1.165) is 18.4 Å². The first-order valence-electron chi connectivity index (χ1n) is 7.57. The van der Waals surface area contributed by atoms with Gasteiger partial charge in [0.05, 0.1) is 0 Å². The molecule has 5 heteroatoms. The zero-order valence-corrected chi connectivity index (χ0v) is 14.0. The molecule has 4 N–H and O–H groups in total. The summed E-state index contributed by atoms with van der Waals surface area (Å²) in [7, 11) is 0. The first kappa shape index (κ1) is 16.6. The van der Waals surface area contributed by atoms with Crippen molar-refractivity contribution in [2.75, 3.05) is 5.32 Å². The molecule has 22 heavy (non-hydrogen) atoms. The molecule has 0 atom stereocenters. The third kappa shape index (κ3) is 3.35. The van der Waals surface area contributed by atoms with Gasteiger partial charge in [0, 0.05) is 16.6 Å². The van der Waals surface area contributed by atoms with Crippen LogP contribution in [0.5, 0.6) is 5.75 Å². The lowest BCUT2D eigenvalue weighted by Crippen LogP contribution is -2.45. The number of anilines is 1. The van der Waals surface area contributed by atoms with Gasteiger partial charge in [0.1, 0.15) is 11.4 Å². The summed E-state index contributed by atoms with van der Waals surface area (Å²) in [6.45, 7) is 9.39. The van der Waals surface area contributed by atoms with Gasteiger partial charge in [0.15, 0.2) is 0 Å². The number of nitrogens with one attached hydrogen (secondary N) is 1. The molecular formula is C17H26N2O3. The summed E-state index contributed by atoms with van der Waals surface area (Å²) in [6, 6.07) is 4.94. The monoisotopic (exact) mass is 306 g/mol. The summed E-state index contributed by atoms with van der Waals surface area (Å²) in [6.07, 6.45) is 1.36. The Bertz CT molecular complexity index is 579.